The third kappa shape index (κ3) is 4.14. The number of aryl methyl sites for hydroxylation is 2. The fourth-order valence-electron chi connectivity index (χ4n) is 2.08. The summed E-state index contributed by atoms with van der Waals surface area (Å²) in [4.78, 5) is 8.69. The van der Waals surface area contributed by atoms with Gasteiger partial charge in [-0.2, -0.15) is 4.98 Å². The van der Waals surface area contributed by atoms with Gasteiger partial charge in [-0.05, 0) is 38.2 Å². The summed E-state index contributed by atoms with van der Waals surface area (Å²) in [7, 11) is 0. The van der Waals surface area contributed by atoms with E-state index >= 15 is 0 Å². The van der Waals surface area contributed by atoms with Crippen LogP contribution in [-0.4, -0.2) is 20.2 Å². The molecule has 0 bridgehead atoms. The van der Waals surface area contributed by atoms with Gasteiger partial charge >= 0.3 is 0 Å². The minimum absolute atomic E-state index is 0.344. The Labute approximate surface area is 145 Å². The van der Waals surface area contributed by atoms with E-state index in [0.29, 0.717) is 29.2 Å². The highest BCUT2D eigenvalue weighted by Gasteiger charge is 2.09. The minimum atomic E-state index is 0.344. The van der Waals surface area contributed by atoms with E-state index in [-0.39, 0.29) is 0 Å². The Hall–Kier alpha value is -2.80. The van der Waals surface area contributed by atoms with Gasteiger partial charge in [-0.1, -0.05) is 41.1 Å². The number of hydrogen-bond donors (Lipinski definition) is 2. The van der Waals surface area contributed by atoms with Gasteiger partial charge in [0.1, 0.15) is 5.82 Å². The van der Waals surface area contributed by atoms with E-state index in [2.05, 4.69) is 25.8 Å². The van der Waals surface area contributed by atoms with Gasteiger partial charge in [0.05, 0.1) is 6.54 Å². The van der Waals surface area contributed by atoms with Crippen molar-refractivity contribution in [3.63, 3.8) is 0 Å². The number of benzene rings is 1. The largest absolute Gasteiger partial charge is 0.353 e. The highest BCUT2D eigenvalue weighted by atomic mass is 32.1. The van der Waals surface area contributed by atoms with Gasteiger partial charge in [-0.15, -0.1) is 0 Å². The van der Waals surface area contributed by atoms with Gasteiger partial charge in [0.2, 0.25) is 11.7 Å². The minimum Gasteiger partial charge on any atom is -0.353 e. The monoisotopic (exact) mass is 339 g/mol. The lowest BCUT2D eigenvalue weighted by Crippen LogP contribution is -2.28. The molecule has 0 aliphatic carbocycles. The van der Waals surface area contributed by atoms with E-state index < -0.39 is 0 Å². The Kier molecular flexibility index (Phi) is 4.81. The summed E-state index contributed by atoms with van der Waals surface area (Å²) >= 11 is 5.24. The summed E-state index contributed by atoms with van der Waals surface area (Å²) < 4.78 is 5.24. The van der Waals surface area contributed by atoms with Gasteiger partial charge in [-0.25, -0.2) is 4.98 Å². The van der Waals surface area contributed by atoms with Gasteiger partial charge in [0, 0.05) is 11.3 Å². The molecule has 3 rings (SSSR count). The number of rotatable bonds is 4. The average Bonchev–Trinajstić information content (AvgIpc) is 3.03. The Morgan fingerprint density at radius 2 is 1.88 bits per heavy atom. The molecule has 0 aliphatic rings. The number of pyridine rings is 1. The van der Waals surface area contributed by atoms with Crippen molar-refractivity contribution < 1.29 is 4.52 Å². The summed E-state index contributed by atoms with van der Waals surface area (Å²) in [5.41, 5.74) is 3.02. The summed E-state index contributed by atoms with van der Waals surface area (Å²) in [6.07, 6.45) is 0. The van der Waals surface area contributed by atoms with Crippen LogP contribution in [0.5, 0.6) is 0 Å². The van der Waals surface area contributed by atoms with Crippen LogP contribution in [0.2, 0.25) is 0 Å². The molecule has 1 aromatic carbocycles. The fourth-order valence-corrected chi connectivity index (χ4v) is 2.25. The molecule has 0 saturated carbocycles. The van der Waals surface area contributed by atoms with E-state index in [0.717, 1.165) is 11.3 Å². The summed E-state index contributed by atoms with van der Waals surface area (Å²) in [5.74, 6) is 1.72. The second kappa shape index (κ2) is 7.18. The van der Waals surface area contributed by atoms with Gasteiger partial charge < -0.3 is 15.2 Å². The predicted octanol–water partition coefficient (Wildman–Crippen LogP) is 3.24. The smallest absolute Gasteiger partial charge is 0.246 e. The third-order valence-corrected chi connectivity index (χ3v) is 3.55. The molecule has 0 unspecified atom stereocenters. The first-order chi connectivity index (χ1) is 11.6. The number of aromatic nitrogens is 3. The molecular formula is C17H17N5OS. The van der Waals surface area contributed by atoms with Crippen molar-refractivity contribution in [3.05, 3.63) is 59.6 Å². The molecule has 24 heavy (non-hydrogen) atoms. The van der Waals surface area contributed by atoms with E-state index in [1.807, 2.05) is 56.3 Å². The topological polar surface area (TPSA) is 75.9 Å². The van der Waals surface area contributed by atoms with Crippen LogP contribution in [0, 0.1) is 13.8 Å². The average molecular weight is 339 g/mol. The van der Waals surface area contributed by atoms with Crippen LogP contribution in [0.25, 0.3) is 11.4 Å². The lowest BCUT2D eigenvalue weighted by atomic mass is 10.1. The standard InChI is InChI=1S/C17H17N5OS/c1-11-6-8-13(9-7-11)16-21-15(23-22-16)10-18-17(24)20-14-5-3-4-12(2)19-14/h3-9H,10H2,1-2H3,(H2,18,19,20,24). The maximum absolute atomic E-state index is 5.24. The Morgan fingerprint density at radius 3 is 2.62 bits per heavy atom. The molecular weight excluding hydrogens is 322 g/mol. The maximum atomic E-state index is 5.24. The highest BCUT2D eigenvalue weighted by Crippen LogP contribution is 2.16. The summed E-state index contributed by atoms with van der Waals surface area (Å²) in [6.45, 7) is 4.30. The Bertz CT molecular complexity index is 844. The van der Waals surface area contributed by atoms with Crippen molar-refractivity contribution in [3.8, 4) is 11.4 Å². The highest BCUT2D eigenvalue weighted by molar-refractivity contribution is 7.80. The molecule has 0 saturated heterocycles. The summed E-state index contributed by atoms with van der Waals surface area (Å²) in [6, 6.07) is 13.6. The molecule has 3 aromatic rings. The molecule has 2 N–H and O–H groups in total. The Morgan fingerprint density at radius 1 is 1.08 bits per heavy atom. The van der Waals surface area contributed by atoms with Crippen LogP contribution in [0.3, 0.4) is 0 Å². The first-order valence-electron chi connectivity index (χ1n) is 7.48. The van der Waals surface area contributed by atoms with Crippen LogP contribution >= 0.6 is 12.2 Å². The van der Waals surface area contributed by atoms with Gasteiger partial charge in [0.25, 0.3) is 0 Å². The molecule has 122 valence electrons. The predicted molar refractivity (Wildman–Crippen MR) is 96.5 cm³/mol. The Balaban J connectivity index is 1.57. The zero-order valence-corrected chi connectivity index (χ0v) is 14.2. The van der Waals surface area contributed by atoms with E-state index in [9.17, 15) is 0 Å². The van der Waals surface area contributed by atoms with Crippen LogP contribution in [-0.2, 0) is 6.54 Å². The lowest BCUT2D eigenvalue weighted by molar-refractivity contribution is 0.376. The molecule has 2 heterocycles. The SMILES string of the molecule is Cc1ccc(-c2noc(CNC(=S)Nc3cccc(C)n3)n2)cc1. The molecule has 6 nitrogen and oxygen atoms in total. The number of anilines is 1. The van der Waals surface area contributed by atoms with E-state index in [1.54, 1.807) is 0 Å². The lowest BCUT2D eigenvalue weighted by Gasteiger charge is -2.08. The van der Waals surface area contributed by atoms with E-state index in [1.165, 1.54) is 5.56 Å². The summed E-state index contributed by atoms with van der Waals surface area (Å²) in [5, 5.41) is 10.5. The molecule has 0 radical (unpaired) electrons. The third-order valence-electron chi connectivity index (χ3n) is 3.31. The maximum Gasteiger partial charge on any atom is 0.246 e. The second-order valence-electron chi connectivity index (χ2n) is 5.35. The second-order valence-corrected chi connectivity index (χ2v) is 5.76. The van der Waals surface area contributed by atoms with Crippen LogP contribution < -0.4 is 10.6 Å². The molecule has 0 atom stereocenters. The van der Waals surface area contributed by atoms with Crippen molar-refractivity contribution in [2.45, 2.75) is 20.4 Å². The first-order valence-corrected chi connectivity index (χ1v) is 7.89. The molecule has 0 amide bonds. The number of thiocarbonyl (C=S) groups is 1. The normalized spacial score (nSPS) is 10.4. The van der Waals surface area contributed by atoms with Crippen LogP contribution in [0.4, 0.5) is 5.82 Å². The fraction of sp³-hybridized carbons (Fsp3) is 0.176. The molecule has 2 aromatic heterocycles. The van der Waals surface area contributed by atoms with Crippen LogP contribution in [0.15, 0.2) is 47.0 Å². The quantitative estimate of drug-likeness (QED) is 0.707. The number of nitrogens with one attached hydrogen (secondary N) is 2. The molecule has 7 heteroatoms. The molecule has 0 spiro atoms. The van der Waals surface area contributed by atoms with Gasteiger partial charge in [-0.3, -0.25) is 0 Å². The van der Waals surface area contributed by atoms with Gasteiger partial charge in [0.15, 0.2) is 5.11 Å². The number of hydrogen-bond acceptors (Lipinski definition) is 5. The number of nitrogens with zero attached hydrogens (tertiary/aromatic N) is 3. The molecule has 0 aliphatic heterocycles. The van der Waals surface area contributed by atoms with Crippen molar-refractivity contribution in [1.82, 2.24) is 20.4 Å². The van der Waals surface area contributed by atoms with Crippen molar-refractivity contribution in [2.24, 2.45) is 0 Å². The van der Waals surface area contributed by atoms with Crippen molar-refractivity contribution in [1.29, 1.82) is 0 Å². The van der Waals surface area contributed by atoms with Crippen molar-refractivity contribution in [2.75, 3.05) is 5.32 Å². The zero-order chi connectivity index (χ0) is 16.9. The van der Waals surface area contributed by atoms with Crippen molar-refractivity contribution >= 4 is 23.1 Å². The first kappa shape index (κ1) is 16.1. The van der Waals surface area contributed by atoms with Crippen LogP contribution in [0.1, 0.15) is 17.1 Å². The zero-order valence-electron chi connectivity index (χ0n) is 13.4. The molecule has 0 fully saturated rings. The van der Waals surface area contributed by atoms with E-state index in [4.69, 9.17) is 16.7 Å².